The molecule has 34 heavy (non-hydrogen) atoms. The highest BCUT2D eigenvalue weighted by Gasteiger charge is 2.52. The molecule has 6 rings (SSSR count). The molecule has 0 spiro atoms. The van der Waals surface area contributed by atoms with E-state index in [0.717, 1.165) is 28.0 Å². The molecule has 5 aromatic rings. The Morgan fingerprint density at radius 1 is 0.735 bits per heavy atom. The van der Waals surface area contributed by atoms with Crippen LogP contribution in [0.25, 0.3) is 11.0 Å². The average Bonchev–Trinajstić information content (AvgIpc) is 3.46. The zero-order valence-corrected chi connectivity index (χ0v) is 19.2. The fourth-order valence-corrected chi connectivity index (χ4v) is 5.01. The van der Waals surface area contributed by atoms with Crippen molar-refractivity contribution in [3.8, 4) is 0 Å². The number of hydrazone groups is 1. The van der Waals surface area contributed by atoms with Crippen LogP contribution in [0.3, 0.4) is 0 Å². The fraction of sp³-hybridized carbons (Fsp3) is 0.138. The highest BCUT2D eigenvalue weighted by atomic mass is 15.6. The Kier molecular flexibility index (Phi) is 4.77. The fourth-order valence-electron chi connectivity index (χ4n) is 5.01. The molecule has 4 aromatic carbocycles. The molecular weight excluding hydrogens is 418 g/mol. The van der Waals surface area contributed by atoms with Crippen LogP contribution in [0, 0.1) is 6.92 Å². The number of benzene rings is 4. The quantitative estimate of drug-likeness (QED) is 0.336. The van der Waals surface area contributed by atoms with Crippen LogP contribution < -0.4 is 5.01 Å². The van der Waals surface area contributed by atoms with E-state index in [0.29, 0.717) is 0 Å². The lowest BCUT2D eigenvalue weighted by molar-refractivity contribution is 0.343. The van der Waals surface area contributed by atoms with E-state index in [-0.39, 0.29) is 6.04 Å². The zero-order chi connectivity index (χ0) is 23.1. The minimum Gasteiger partial charge on any atom is -0.255 e. The molecule has 0 bridgehead atoms. The van der Waals surface area contributed by atoms with Crippen molar-refractivity contribution < 1.29 is 0 Å². The Bertz CT molecular complexity index is 1470. The number of fused-ring (bicyclic) bond motifs is 1. The van der Waals surface area contributed by atoms with Crippen molar-refractivity contribution in [2.75, 3.05) is 5.01 Å². The molecule has 0 N–H and O–H groups in total. The normalized spacial score (nSPS) is 20.0. The van der Waals surface area contributed by atoms with E-state index >= 15 is 0 Å². The molecule has 2 unspecified atom stereocenters. The standard InChI is InChI=1S/C29H25N5/c1-21-17-19-23(20-18-21)28-29(2,34-26-16-10-9-15-25(26)30-32-34)27(22-11-5-3-6-12-22)31-33(28)24-13-7-4-8-14-24/h3-20,28H,1-2H3. The van der Waals surface area contributed by atoms with E-state index in [2.05, 4.69) is 107 Å². The van der Waals surface area contributed by atoms with E-state index in [4.69, 9.17) is 10.3 Å². The number of nitrogens with zero attached hydrogens (tertiary/aromatic N) is 5. The summed E-state index contributed by atoms with van der Waals surface area (Å²) >= 11 is 0. The maximum atomic E-state index is 5.29. The Hall–Kier alpha value is -4.25. The minimum absolute atomic E-state index is 0.129. The Balaban J connectivity index is 1.66. The third-order valence-electron chi connectivity index (χ3n) is 6.72. The van der Waals surface area contributed by atoms with Crippen LogP contribution in [0.5, 0.6) is 0 Å². The second-order valence-corrected chi connectivity index (χ2v) is 8.95. The maximum Gasteiger partial charge on any atom is 0.133 e. The average molecular weight is 444 g/mol. The van der Waals surface area contributed by atoms with Gasteiger partial charge in [-0.15, -0.1) is 5.10 Å². The summed E-state index contributed by atoms with van der Waals surface area (Å²) in [4.78, 5) is 0. The topological polar surface area (TPSA) is 46.3 Å². The molecule has 2 atom stereocenters. The van der Waals surface area contributed by atoms with Crippen molar-refractivity contribution in [1.82, 2.24) is 15.0 Å². The van der Waals surface area contributed by atoms with Crippen molar-refractivity contribution in [1.29, 1.82) is 0 Å². The number of aryl methyl sites for hydroxylation is 1. The molecule has 1 aliphatic rings. The number of anilines is 1. The predicted octanol–water partition coefficient (Wildman–Crippen LogP) is 6.12. The summed E-state index contributed by atoms with van der Waals surface area (Å²) in [6.07, 6.45) is 0. The minimum atomic E-state index is -0.622. The van der Waals surface area contributed by atoms with Gasteiger partial charge in [-0.25, -0.2) is 4.68 Å². The van der Waals surface area contributed by atoms with Gasteiger partial charge in [0, 0.05) is 5.56 Å². The highest BCUT2D eigenvalue weighted by molar-refractivity contribution is 6.09. The van der Waals surface area contributed by atoms with Gasteiger partial charge in [0.15, 0.2) is 0 Å². The molecule has 166 valence electrons. The first-order valence-electron chi connectivity index (χ1n) is 11.5. The molecule has 5 nitrogen and oxygen atoms in total. The van der Waals surface area contributed by atoms with Crippen molar-refractivity contribution in [2.45, 2.75) is 25.4 Å². The predicted molar refractivity (Wildman–Crippen MR) is 137 cm³/mol. The summed E-state index contributed by atoms with van der Waals surface area (Å²) in [6, 6.07) is 37.5. The van der Waals surface area contributed by atoms with Gasteiger partial charge >= 0.3 is 0 Å². The molecule has 0 fully saturated rings. The van der Waals surface area contributed by atoms with Gasteiger partial charge in [0.05, 0.1) is 16.9 Å². The lowest BCUT2D eigenvalue weighted by Gasteiger charge is -2.36. The first kappa shape index (κ1) is 20.4. The molecule has 0 radical (unpaired) electrons. The van der Waals surface area contributed by atoms with Crippen LogP contribution in [0.1, 0.15) is 29.7 Å². The first-order valence-corrected chi connectivity index (χ1v) is 11.5. The molecule has 2 heterocycles. The van der Waals surface area contributed by atoms with E-state index in [9.17, 15) is 0 Å². The van der Waals surface area contributed by atoms with Crippen molar-refractivity contribution in [2.24, 2.45) is 5.10 Å². The van der Waals surface area contributed by atoms with Crippen LogP contribution in [-0.4, -0.2) is 20.7 Å². The molecule has 5 heteroatoms. The third-order valence-corrected chi connectivity index (χ3v) is 6.72. The van der Waals surface area contributed by atoms with Gasteiger partial charge in [-0.1, -0.05) is 95.7 Å². The smallest absolute Gasteiger partial charge is 0.133 e. The zero-order valence-electron chi connectivity index (χ0n) is 19.2. The first-order chi connectivity index (χ1) is 16.7. The molecule has 0 amide bonds. The molecule has 0 saturated heterocycles. The monoisotopic (exact) mass is 443 g/mol. The number of rotatable bonds is 4. The summed E-state index contributed by atoms with van der Waals surface area (Å²) in [5.41, 5.74) is 6.70. The second kappa shape index (κ2) is 7.96. The largest absolute Gasteiger partial charge is 0.255 e. The van der Waals surface area contributed by atoms with Gasteiger partial charge in [-0.2, -0.15) is 5.10 Å². The molecule has 0 saturated carbocycles. The van der Waals surface area contributed by atoms with E-state index in [1.54, 1.807) is 0 Å². The van der Waals surface area contributed by atoms with Crippen LogP contribution in [0.15, 0.2) is 114 Å². The van der Waals surface area contributed by atoms with Gasteiger partial charge in [0.1, 0.15) is 17.1 Å². The van der Waals surface area contributed by atoms with Gasteiger partial charge in [0.25, 0.3) is 0 Å². The second-order valence-electron chi connectivity index (χ2n) is 8.95. The Morgan fingerprint density at radius 2 is 1.38 bits per heavy atom. The van der Waals surface area contributed by atoms with Crippen LogP contribution >= 0.6 is 0 Å². The van der Waals surface area contributed by atoms with Gasteiger partial charge in [-0.3, -0.25) is 5.01 Å². The summed E-state index contributed by atoms with van der Waals surface area (Å²) in [6.45, 7) is 4.34. The number of aromatic nitrogens is 3. The highest BCUT2D eigenvalue weighted by Crippen LogP contribution is 2.48. The van der Waals surface area contributed by atoms with Crippen LogP contribution in [0.4, 0.5) is 5.69 Å². The van der Waals surface area contributed by atoms with Crippen molar-refractivity contribution in [3.05, 3.63) is 126 Å². The van der Waals surface area contributed by atoms with Gasteiger partial charge in [-0.05, 0) is 43.7 Å². The lowest BCUT2D eigenvalue weighted by Crippen LogP contribution is -2.45. The van der Waals surface area contributed by atoms with Crippen molar-refractivity contribution in [3.63, 3.8) is 0 Å². The van der Waals surface area contributed by atoms with Gasteiger partial charge in [0.2, 0.25) is 0 Å². The number of hydrogen-bond acceptors (Lipinski definition) is 4. The summed E-state index contributed by atoms with van der Waals surface area (Å²) in [5.74, 6) is 0. The molecule has 1 aliphatic heterocycles. The van der Waals surface area contributed by atoms with E-state index < -0.39 is 5.54 Å². The molecular formula is C29H25N5. The SMILES string of the molecule is Cc1ccc(C2N(c3ccccc3)N=C(c3ccccc3)C2(C)n2nnc3ccccc32)cc1. The Labute approximate surface area is 199 Å². The molecule has 1 aromatic heterocycles. The third kappa shape index (κ3) is 3.12. The van der Waals surface area contributed by atoms with Crippen LogP contribution in [-0.2, 0) is 5.54 Å². The lowest BCUT2D eigenvalue weighted by atomic mass is 9.80. The summed E-state index contributed by atoms with van der Waals surface area (Å²) in [5, 5.41) is 16.6. The summed E-state index contributed by atoms with van der Waals surface area (Å²) in [7, 11) is 0. The summed E-state index contributed by atoms with van der Waals surface area (Å²) < 4.78 is 2.06. The Morgan fingerprint density at radius 3 is 2.12 bits per heavy atom. The molecule has 0 aliphatic carbocycles. The van der Waals surface area contributed by atoms with E-state index in [1.165, 1.54) is 11.1 Å². The van der Waals surface area contributed by atoms with Crippen LogP contribution in [0.2, 0.25) is 0 Å². The van der Waals surface area contributed by atoms with Gasteiger partial charge < -0.3 is 0 Å². The van der Waals surface area contributed by atoms with E-state index in [1.807, 2.05) is 30.3 Å². The number of hydrogen-bond donors (Lipinski definition) is 0. The maximum absolute atomic E-state index is 5.29. The number of para-hydroxylation sites is 2. The van der Waals surface area contributed by atoms with Crippen molar-refractivity contribution >= 4 is 22.4 Å².